The molecular formula is C23H23N3O4S. The normalized spacial score (nSPS) is 11.0. The van der Waals surface area contributed by atoms with Crippen LogP contribution in [0, 0.1) is 6.92 Å². The Morgan fingerprint density at radius 1 is 0.839 bits per heavy atom. The molecule has 0 aliphatic rings. The molecule has 0 bridgehead atoms. The maximum atomic E-state index is 12.8. The first kappa shape index (κ1) is 22.2. The molecule has 0 saturated heterocycles. The molecule has 0 aliphatic heterocycles. The van der Waals surface area contributed by atoms with Crippen molar-refractivity contribution in [1.82, 2.24) is 4.72 Å². The first-order chi connectivity index (χ1) is 14.7. The van der Waals surface area contributed by atoms with Crippen molar-refractivity contribution in [3.05, 3.63) is 89.5 Å². The number of benzene rings is 3. The molecule has 0 spiro atoms. The van der Waals surface area contributed by atoms with Gasteiger partial charge in [-0.05, 0) is 48.4 Å². The standard InChI is InChI=1S/C23H23N3O4S/c1-16-11-12-19(23(28)26-21-10-6-9-20(14-21)25-17(2)27)13-22(16)31(29,30)24-15-18-7-4-3-5-8-18/h3-14,24H,15H2,1-2H3,(H,25,27)(H,26,28). The quantitative estimate of drug-likeness (QED) is 0.524. The Bertz CT molecular complexity index is 1210. The molecule has 0 unspecified atom stereocenters. The fourth-order valence-electron chi connectivity index (χ4n) is 2.96. The lowest BCUT2D eigenvalue weighted by Gasteiger charge is -2.12. The van der Waals surface area contributed by atoms with Crippen LogP contribution >= 0.6 is 0 Å². The van der Waals surface area contributed by atoms with Gasteiger partial charge in [0.05, 0.1) is 4.90 Å². The Hall–Kier alpha value is -3.49. The van der Waals surface area contributed by atoms with Gasteiger partial charge >= 0.3 is 0 Å². The highest BCUT2D eigenvalue weighted by molar-refractivity contribution is 7.89. The van der Waals surface area contributed by atoms with E-state index in [1.54, 1.807) is 43.3 Å². The summed E-state index contributed by atoms with van der Waals surface area (Å²) in [7, 11) is -3.82. The third-order valence-electron chi connectivity index (χ3n) is 4.49. The van der Waals surface area contributed by atoms with Gasteiger partial charge in [-0.3, -0.25) is 9.59 Å². The van der Waals surface area contributed by atoms with Gasteiger partial charge in [0.15, 0.2) is 0 Å². The fourth-order valence-corrected chi connectivity index (χ4v) is 4.25. The van der Waals surface area contributed by atoms with Gasteiger partial charge in [0.2, 0.25) is 15.9 Å². The van der Waals surface area contributed by atoms with Crippen LogP contribution in [0.2, 0.25) is 0 Å². The van der Waals surface area contributed by atoms with Gasteiger partial charge < -0.3 is 10.6 Å². The van der Waals surface area contributed by atoms with E-state index in [1.165, 1.54) is 13.0 Å². The van der Waals surface area contributed by atoms with Gasteiger partial charge in [0.25, 0.3) is 5.91 Å². The lowest BCUT2D eigenvalue weighted by molar-refractivity contribution is -0.114. The van der Waals surface area contributed by atoms with Crippen LogP contribution in [0.4, 0.5) is 11.4 Å². The summed E-state index contributed by atoms with van der Waals surface area (Å²) in [4.78, 5) is 24.0. The van der Waals surface area contributed by atoms with Crippen LogP contribution in [0.15, 0.2) is 77.7 Å². The van der Waals surface area contributed by atoms with Crippen molar-refractivity contribution >= 4 is 33.2 Å². The highest BCUT2D eigenvalue weighted by Gasteiger charge is 2.19. The van der Waals surface area contributed by atoms with E-state index < -0.39 is 15.9 Å². The van der Waals surface area contributed by atoms with Crippen LogP contribution in [-0.4, -0.2) is 20.2 Å². The topological polar surface area (TPSA) is 104 Å². The molecule has 3 aromatic carbocycles. The Morgan fingerprint density at radius 2 is 1.52 bits per heavy atom. The molecule has 0 radical (unpaired) electrons. The minimum Gasteiger partial charge on any atom is -0.326 e. The van der Waals surface area contributed by atoms with Crippen LogP contribution in [0.25, 0.3) is 0 Å². The van der Waals surface area contributed by atoms with Crippen molar-refractivity contribution in [3.63, 3.8) is 0 Å². The molecule has 160 valence electrons. The summed E-state index contributed by atoms with van der Waals surface area (Å²) in [5.74, 6) is -0.681. The van der Waals surface area contributed by atoms with E-state index in [0.717, 1.165) is 5.56 Å². The Balaban J connectivity index is 1.78. The Morgan fingerprint density at radius 3 is 2.19 bits per heavy atom. The van der Waals surface area contributed by atoms with E-state index in [1.807, 2.05) is 30.3 Å². The molecule has 0 aromatic heterocycles. The lowest BCUT2D eigenvalue weighted by Crippen LogP contribution is -2.24. The molecule has 0 atom stereocenters. The summed E-state index contributed by atoms with van der Waals surface area (Å²) in [6.45, 7) is 3.22. The second-order valence-corrected chi connectivity index (χ2v) is 8.74. The summed E-state index contributed by atoms with van der Waals surface area (Å²) in [6, 6.07) is 20.4. The summed E-state index contributed by atoms with van der Waals surface area (Å²) >= 11 is 0. The smallest absolute Gasteiger partial charge is 0.255 e. The van der Waals surface area contributed by atoms with E-state index in [4.69, 9.17) is 0 Å². The summed E-state index contributed by atoms with van der Waals surface area (Å²) in [5, 5.41) is 5.37. The predicted molar refractivity (Wildman–Crippen MR) is 120 cm³/mol. The van der Waals surface area contributed by atoms with Crippen molar-refractivity contribution in [3.8, 4) is 0 Å². The third kappa shape index (κ3) is 6.00. The molecule has 3 N–H and O–H groups in total. The first-order valence-electron chi connectivity index (χ1n) is 9.58. The van der Waals surface area contributed by atoms with Crippen LogP contribution in [0.1, 0.15) is 28.4 Å². The number of rotatable bonds is 7. The summed E-state index contributed by atoms with van der Waals surface area (Å²) in [5.41, 5.74) is 2.59. The molecule has 8 heteroatoms. The zero-order valence-electron chi connectivity index (χ0n) is 17.2. The number of carbonyl (C=O) groups excluding carboxylic acids is 2. The molecule has 2 amide bonds. The maximum absolute atomic E-state index is 12.8. The molecule has 7 nitrogen and oxygen atoms in total. The SMILES string of the molecule is CC(=O)Nc1cccc(NC(=O)c2ccc(C)c(S(=O)(=O)NCc3ccccc3)c2)c1. The van der Waals surface area contributed by atoms with E-state index in [2.05, 4.69) is 15.4 Å². The van der Waals surface area contributed by atoms with E-state index >= 15 is 0 Å². The zero-order valence-corrected chi connectivity index (χ0v) is 18.0. The molecule has 0 heterocycles. The average Bonchev–Trinajstić information content (AvgIpc) is 2.73. The number of amides is 2. The number of aryl methyl sites for hydroxylation is 1. The van der Waals surface area contributed by atoms with Crippen molar-refractivity contribution in [2.24, 2.45) is 0 Å². The van der Waals surface area contributed by atoms with Crippen molar-refractivity contribution in [1.29, 1.82) is 0 Å². The van der Waals surface area contributed by atoms with Gasteiger partial charge in [0, 0.05) is 30.4 Å². The number of hydrogen-bond donors (Lipinski definition) is 3. The summed E-state index contributed by atoms with van der Waals surface area (Å²) in [6.07, 6.45) is 0. The number of anilines is 2. The van der Waals surface area contributed by atoms with Gasteiger partial charge in [0.1, 0.15) is 0 Å². The Labute approximate surface area is 181 Å². The Kier molecular flexibility index (Phi) is 6.84. The number of hydrogen-bond acceptors (Lipinski definition) is 4. The minimum absolute atomic E-state index is 0.0445. The highest BCUT2D eigenvalue weighted by atomic mass is 32.2. The van der Waals surface area contributed by atoms with E-state index in [-0.39, 0.29) is 22.9 Å². The molecule has 0 saturated carbocycles. The van der Waals surface area contributed by atoms with Crippen LogP contribution < -0.4 is 15.4 Å². The maximum Gasteiger partial charge on any atom is 0.255 e. The van der Waals surface area contributed by atoms with Crippen LogP contribution in [-0.2, 0) is 21.4 Å². The number of sulfonamides is 1. The van der Waals surface area contributed by atoms with Crippen molar-refractivity contribution in [2.45, 2.75) is 25.3 Å². The third-order valence-corrected chi connectivity index (χ3v) is 6.03. The highest BCUT2D eigenvalue weighted by Crippen LogP contribution is 2.20. The second kappa shape index (κ2) is 9.55. The van der Waals surface area contributed by atoms with Crippen LogP contribution in [0.5, 0.6) is 0 Å². The molecular weight excluding hydrogens is 414 g/mol. The molecule has 31 heavy (non-hydrogen) atoms. The van der Waals surface area contributed by atoms with Crippen molar-refractivity contribution < 1.29 is 18.0 Å². The predicted octanol–water partition coefficient (Wildman–Crippen LogP) is 3.68. The largest absolute Gasteiger partial charge is 0.326 e. The van der Waals surface area contributed by atoms with E-state index in [0.29, 0.717) is 16.9 Å². The van der Waals surface area contributed by atoms with Crippen molar-refractivity contribution in [2.75, 3.05) is 10.6 Å². The molecule has 0 aliphatic carbocycles. The van der Waals surface area contributed by atoms with Crippen LogP contribution in [0.3, 0.4) is 0 Å². The lowest BCUT2D eigenvalue weighted by atomic mass is 10.1. The van der Waals surface area contributed by atoms with Gasteiger partial charge in [-0.15, -0.1) is 0 Å². The monoisotopic (exact) mass is 437 g/mol. The molecule has 3 aromatic rings. The molecule has 3 rings (SSSR count). The second-order valence-electron chi connectivity index (χ2n) is 7.01. The number of nitrogens with one attached hydrogen (secondary N) is 3. The number of carbonyl (C=O) groups is 2. The molecule has 0 fully saturated rings. The van der Waals surface area contributed by atoms with Gasteiger partial charge in [-0.1, -0.05) is 42.5 Å². The average molecular weight is 438 g/mol. The van der Waals surface area contributed by atoms with Gasteiger partial charge in [-0.2, -0.15) is 0 Å². The van der Waals surface area contributed by atoms with Gasteiger partial charge in [-0.25, -0.2) is 13.1 Å². The zero-order chi connectivity index (χ0) is 22.4. The fraction of sp³-hybridized carbons (Fsp3) is 0.130. The van der Waals surface area contributed by atoms with E-state index in [9.17, 15) is 18.0 Å². The summed E-state index contributed by atoms with van der Waals surface area (Å²) < 4.78 is 28.2. The minimum atomic E-state index is -3.82. The first-order valence-corrected chi connectivity index (χ1v) is 11.1.